The number of ether oxygens (including phenoxy) is 1. The second-order valence-corrected chi connectivity index (χ2v) is 13.4. The molecular weight excluding hydrogens is 524 g/mol. The highest BCUT2D eigenvalue weighted by atomic mass is 32.2. The molecular formula is C32H44N2O5S. The first kappa shape index (κ1) is 30.4. The van der Waals surface area contributed by atoms with Crippen LogP contribution in [0.25, 0.3) is 0 Å². The fourth-order valence-corrected chi connectivity index (χ4v) is 9.35. The van der Waals surface area contributed by atoms with Gasteiger partial charge in [0.1, 0.15) is 6.04 Å². The Hall–Kier alpha value is -2.58. The third-order valence-electron chi connectivity index (χ3n) is 8.89. The molecule has 0 saturated carbocycles. The summed E-state index contributed by atoms with van der Waals surface area (Å²) in [6.07, 6.45) is 9.20. The Kier molecular flexibility index (Phi) is 9.83. The number of aliphatic hydroxyl groups excluding tert-OH is 1. The Bertz CT molecular complexity index is 1100. The Morgan fingerprint density at radius 2 is 1.95 bits per heavy atom. The third-order valence-corrected chi connectivity index (χ3v) is 10.9. The number of carbonyl (C=O) groups is 3. The molecule has 3 aliphatic heterocycles. The number of amides is 2. The molecule has 40 heavy (non-hydrogen) atoms. The van der Waals surface area contributed by atoms with Gasteiger partial charge in [-0.05, 0) is 44.6 Å². The highest BCUT2D eigenvalue weighted by Crippen LogP contribution is 2.72. The molecule has 7 nitrogen and oxygen atoms in total. The molecule has 2 unspecified atom stereocenters. The predicted molar refractivity (Wildman–Crippen MR) is 159 cm³/mol. The van der Waals surface area contributed by atoms with E-state index in [9.17, 15) is 19.5 Å². The number of hydrogen-bond donors (Lipinski definition) is 1. The molecule has 1 spiro atoms. The van der Waals surface area contributed by atoms with Crippen LogP contribution in [-0.2, 0) is 19.1 Å². The SMILES string of the molecule is C=CCCCOC(=O)[C@@H]1[C@H]2C(=O)N([C@H](CO)c3ccccc3)C(C(=O)N(CC=C)CCCCC)C23CC[C@@]1(C)S3. The number of fused-ring (bicyclic) bond motifs is 1. The molecule has 0 aliphatic carbocycles. The van der Waals surface area contributed by atoms with Crippen LogP contribution in [0.15, 0.2) is 55.6 Å². The Labute approximate surface area is 243 Å². The topological polar surface area (TPSA) is 87.1 Å². The molecule has 0 radical (unpaired) electrons. The molecule has 218 valence electrons. The second kappa shape index (κ2) is 12.9. The van der Waals surface area contributed by atoms with Gasteiger partial charge in [-0.25, -0.2) is 0 Å². The van der Waals surface area contributed by atoms with Crippen LogP contribution in [0.2, 0.25) is 0 Å². The number of likely N-dealkylation sites (tertiary alicyclic amines) is 1. The van der Waals surface area contributed by atoms with Gasteiger partial charge in [0.2, 0.25) is 11.8 Å². The summed E-state index contributed by atoms with van der Waals surface area (Å²) in [5.74, 6) is -2.06. The Morgan fingerprint density at radius 3 is 2.60 bits per heavy atom. The van der Waals surface area contributed by atoms with E-state index in [2.05, 4.69) is 20.1 Å². The maximum atomic E-state index is 14.6. The van der Waals surface area contributed by atoms with Gasteiger partial charge >= 0.3 is 5.97 Å². The second-order valence-electron chi connectivity index (χ2n) is 11.5. The van der Waals surface area contributed by atoms with Crippen LogP contribution in [0, 0.1) is 11.8 Å². The molecule has 4 rings (SSSR count). The van der Waals surface area contributed by atoms with Gasteiger partial charge in [-0.15, -0.1) is 24.9 Å². The van der Waals surface area contributed by atoms with Crippen molar-refractivity contribution in [2.45, 2.75) is 80.4 Å². The molecule has 1 aromatic carbocycles. The molecule has 0 aromatic heterocycles. The van der Waals surface area contributed by atoms with E-state index in [1.807, 2.05) is 37.3 Å². The monoisotopic (exact) mass is 568 g/mol. The highest BCUT2D eigenvalue weighted by molar-refractivity contribution is 8.02. The van der Waals surface area contributed by atoms with Crippen molar-refractivity contribution in [1.82, 2.24) is 9.80 Å². The number of allylic oxidation sites excluding steroid dienone is 1. The molecule has 2 amide bonds. The summed E-state index contributed by atoms with van der Waals surface area (Å²) < 4.78 is 4.47. The van der Waals surface area contributed by atoms with Crippen LogP contribution >= 0.6 is 11.8 Å². The third kappa shape index (κ3) is 5.37. The van der Waals surface area contributed by atoms with E-state index in [4.69, 9.17) is 4.74 Å². The average Bonchev–Trinajstić information content (AvgIpc) is 3.52. The number of unbranched alkanes of at least 4 members (excludes halogenated alkanes) is 3. The normalized spacial score (nSPS) is 29.2. The fourth-order valence-electron chi connectivity index (χ4n) is 7.03. The Balaban J connectivity index is 1.76. The zero-order valence-corrected chi connectivity index (χ0v) is 24.7. The van der Waals surface area contributed by atoms with E-state index in [0.29, 0.717) is 25.9 Å². The molecule has 2 bridgehead atoms. The number of nitrogens with zero attached hydrogens (tertiary/aromatic N) is 2. The zero-order valence-electron chi connectivity index (χ0n) is 23.9. The van der Waals surface area contributed by atoms with E-state index in [0.717, 1.165) is 37.7 Å². The minimum atomic E-state index is -0.797. The lowest BCUT2D eigenvalue weighted by atomic mass is 9.66. The van der Waals surface area contributed by atoms with Crippen molar-refractivity contribution >= 4 is 29.5 Å². The van der Waals surface area contributed by atoms with Gasteiger partial charge in [-0.2, -0.15) is 0 Å². The molecule has 3 aliphatic rings. The summed E-state index contributed by atoms with van der Waals surface area (Å²) in [7, 11) is 0. The van der Waals surface area contributed by atoms with Crippen LogP contribution in [-0.4, -0.2) is 74.5 Å². The minimum absolute atomic E-state index is 0.127. The van der Waals surface area contributed by atoms with Crippen LogP contribution in [0.3, 0.4) is 0 Å². The van der Waals surface area contributed by atoms with Crippen LogP contribution in [0.5, 0.6) is 0 Å². The van der Waals surface area contributed by atoms with E-state index < -0.39 is 33.4 Å². The summed E-state index contributed by atoms with van der Waals surface area (Å²) in [6, 6.07) is 7.89. The maximum absolute atomic E-state index is 14.6. The number of hydrogen-bond acceptors (Lipinski definition) is 6. The average molecular weight is 569 g/mol. The standard InChI is InChI=1S/C32H44N2O5S/c1-5-8-13-20-33(19-7-3)29(37)27-32-18-17-31(4,40-32)26(30(38)39-21-14-9-6-2)25(32)28(36)34(27)24(22-35)23-15-11-10-12-16-23/h6-7,10-12,15-16,24-27,35H,2-3,5,8-9,13-14,17-22H2,1,4H3/t24-,25+,26+,27?,31-,32?/m1/s1. The van der Waals surface area contributed by atoms with E-state index >= 15 is 0 Å². The number of benzene rings is 1. The molecule has 3 fully saturated rings. The molecule has 6 atom stereocenters. The number of thioether (sulfide) groups is 1. The number of aliphatic hydroxyl groups is 1. The summed E-state index contributed by atoms with van der Waals surface area (Å²) >= 11 is 1.63. The van der Waals surface area contributed by atoms with E-state index in [-0.39, 0.29) is 31.0 Å². The van der Waals surface area contributed by atoms with Crippen molar-refractivity contribution < 1.29 is 24.2 Å². The zero-order chi connectivity index (χ0) is 28.9. The van der Waals surface area contributed by atoms with Gasteiger partial charge in [0, 0.05) is 17.8 Å². The number of carbonyl (C=O) groups excluding carboxylic acids is 3. The lowest BCUT2D eigenvalue weighted by Crippen LogP contribution is -2.55. The maximum Gasteiger partial charge on any atom is 0.311 e. The van der Waals surface area contributed by atoms with Crippen LogP contribution in [0.4, 0.5) is 0 Å². The first-order valence-electron chi connectivity index (χ1n) is 14.6. The summed E-state index contributed by atoms with van der Waals surface area (Å²) in [5, 5.41) is 10.7. The molecule has 1 aromatic rings. The molecule has 3 saturated heterocycles. The van der Waals surface area contributed by atoms with Gasteiger partial charge in [0.15, 0.2) is 0 Å². The summed E-state index contributed by atoms with van der Waals surface area (Å²) in [6.45, 7) is 12.7. The van der Waals surface area contributed by atoms with Crippen LogP contribution < -0.4 is 0 Å². The van der Waals surface area contributed by atoms with Crippen molar-refractivity contribution in [3.05, 3.63) is 61.2 Å². The lowest BCUT2D eigenvalue weighted by molar-refractivity contribution is -0.156. The van der Waals surface area contributed by atoms with Crippen molar-refractivity contribution in [3.63, 3.8) is 0 Å². The van der Waals surface area contributed by atoms with Gasteiger partial charge in [0.25, 0.3) is 0 Å². The number of rotatable bonds is 15. The summed E-state index contributed by atoms with van der Waals surface area (Å²) in [5.41, 5.74) is 0.767. The van der Waals surface area contributed by atoms with E-state index in [1.165, 1.54) is 0 Å². The lowest BCUT2D eigenvalue weighted by Gasteiger charge is -2.39. The quantitative estimate of drug-likeness (QED) is 0.184. The van der Waals surface area contributed by atoms with Gasteiger partial charge in [0.05, 0.1) is 35.8 Å². The Morgan fingerprint density at radius 1 is 1.20 bits per heavy atom. The smallest absolute Gasteiger partial charge is 0.311 e. The van der Waals surface area contributed by atoms with Gasteiger partial charge < -0.3 is 19.6 Å². The first-order valence-corrected chi connectivity index (χ1v) is 15.5. The van der Waals surface area contributed by atoms with Crippen molar-refractivity contribution in [2.75, 3.05) is 26.3 Å². The van der Waals surface area contributed by atoms with Crippen molar-refractivity contribution in [3.8, 4) is 0 Å². The molecule has 3 heterocycles. The minimum Gasteiger partial charge on any atom is -0.465 e. The summed E-state index contributed by atoms with van der Waals surface area (Å²) in [4.78, 5) is 46.1. The van der Waals surface area contributed by atoms with E-state index in [1.54, 1.807) is 33.7 Å². The van der Waals surface area contributed by atoms with Crippen molar-refractivity contribution in [1.29, 1.82) is 0 Å². The largest absolute Gasteiger partial charge is 0.465 e. The molecule has 8 heteroatoms. The van der Waals surface area contributed by atoms with Gasteiger partial charge in [-0.1, -0.05) is 62.2 Å². The number of esters is 1. The highest BCUT2D eigenvalue weighted by Gasteiger charge is 2.78. The fraction of sp³-hybridized carbons (Fsp3) is 0.594. The first-order chi connectivity index (χ1) is 19.3. The predicted octanol–water partition coefficient (Wildman–Crippen LogP) is 4.92. The molecule has 1 N–H and O–H groups in total. The van der Waals surface area contributed by atoms with Crippen LogP contribution in [0.1, 0.15) is 70.4 Å². The van der Waals surface area contributed by atoms with Gasteiger partial charge in [-0.3, -0.25) is 14.4 Å². The van der Waals surface area contributed by atoms with Crippen molar-refractivity contribution in [2.24, 2.45) is 11.8 Å².